The normalized spacial score (nSPS) is 11.4. The molecule has 0 spiro atoms. The molecule has 3 rings (SSSR count). The number of rotatable bonds is 9. The van der Waals surface area contributed by atoms with E-state index in [0.29, 0.717) is 23.7 Å². The fourth-order valence-corrected chi connectivity index (χ4v) is 3.59. The van der Waals surface area contributed by atoms with E-state index in [0.717, 1.165) is 33.9 Å². The van der Waals surface area contributed by atoms with Crippen LogP contribution in [0, 0.1) is 0 Å². The van der Waals surface area contributed by atoms with Crippen molar-refractivity contribution >= 4 is 28.4 Å². The Hall–Kier alpha value is -3.31. The lowest BCUT2D eigenvalue weighted by Gasteiger charge is -2.18. The largest absolute Gasteiger partial charge is 0.493 e. The number of carbonyl (C=O) groups is 1. The Bertz CT molecular complexity index is 1070. The lowest BCUT2D eigenvalue weighted by Crippen LogP contribution is -2.07. The second-order valence-corrected chi connectivity index (χ2v) is 6.89. The van der Waals surface area contributed by atoms with Crippen molar-refractivity contribution in [3.8, 4) is 11.5 Å². The number of benzene rings is 3. The second kappa shape index (κ2) is 10.6. The standard InChI is InChI=1S/C26H28O5/c1-5-18-13-10-14-21-20(16-23(29-4)25(24(18)21)31-17-28-3)15-22(26(27)30-6-2)19-11-8-7-9-12-19/h7-16H,5-6,17H2,1-4H3/b22-15-. The molecule has 0 heterocycles. The summed E-state index contributed by atoms with van der Waals surface area (Å²) in [7, 11) is 3.18. The topological polar surface area (TPSA) is 54.0 Å². The van der Waals surface area contributed by atoms with E-state index in [1.807, 2.05) is 54.6 Å². The Morgan fingerprint density at radius 3 is 2.42 bits per heavy atom. The van der Waals surface area contributed by atoms with Crippen molar-refractivity contribution in [1.82, 2.24) is 0 Å². The molecular weight excluding hydrogens is 392 g/mol. The molecule has 0 aromatic heterocycles. The second-order valence-electron chi connectivity index (χ2n) is 6.89. The van der Waals surface area contributed by atoms with Gasteiger partial charge in [0.25, 0.3) is 0 Å². The highest BCUT2D eigenvalue weighted by atomic mass is 16.7. The molecule has 0 saturated heterocycles. The van der Waals surface area contributed by atoms with Crippen molar-refractivity contribution in [1.29, 1.82) is 0 Å². The predicted octanol–water partition coefficient (Wildman–Crippen LogP) is 5.50. The first-order valence-electron chi connectivity index (χ1n) is 10.3. The monoisotopic (exact) mass is 420 g/mol. The summed E-state index contributed by atoms with van der Waals surface area (Å²) in [6, 6.07) is 17.5. The van der Waals surface area contributed by atoms with E-state index in [4.69, 9.17) is 18.9 Å². The lowest BCUT2D eigenvalue weighted by atomic mass is 9.94. The molecule has 3 aromatic carbocycles. The molecule has 0 unspecified atom stereocenters. The van der Waals surface area contributed by atoms with Gasteiger partial charge >= 0.3 is 5.97 Å². The van der Waals surface area contributed by atoms with Crippen molar-refractivity contribution < 1.29 is 23.7 Å². The van der Waals surface area contributed by atoms with E-state index in [9.17, 15) is 4.79 Å². The summed E-state index contributed by atoms with van der Waals surface area (Å²) in [5, 5.41) is 1.91. The minimum atomic E-state index is -0.368. The van der Waals surface area contributed by atoms with Crippen LogP contribution in [0.5, 0.6) is 11.5 Å². The number of fused-ring (bicyclic) bond motifs is 1. The van der Waals surface area contributed by atoms with Crippen LogP contribution in [0.15, 0.2) is 54.6 Å². The number of ether oxygens (including phenoxy) is 4. The average Bonchev–Trinajstić information content (AvgIpc) is 2.81. The average molecular weight is 421 g/mol. The minimum absolute atomic E-state index is 0.108. The summed E-state index contributed by atoms with van der Waals surface area (Å²) >= 11 is 0. The van der Waals surface area contributed by atoms with Crippen LogP contribution in [0.1, 0.15) is 30.5 Å². The molecule has 0 fully saturated rings. The van der Waals surface area contributed by atoms with Gasteiger partial charge in [0.05, 0.1) is 19.3 Å². The third-order valence-corrected chi connectivity index (χ3v) is 5.00. The van der Waals surface area contributed by atoms with E-state index in [1.54, 1.807) is 21.1 Å². The number of methoxy groups -OCH3 is 2. The molecule has 5 heteroatoms. The summed E-state index contributed by atoms with van der Waals surface area (Å²) in [6.07, 6.45) is 2.68. The van der Waals surface area contributed by atoms with Gasteiger partial charge in [-0.3, -0.25) is 0 Å². The van der Waals surface area contributed by atoms with Gasteiger partial charge in [0.1, 0.15) is 0 Å². The van der Waals surface area contributed by atoms with Gasteiger partial charge < -0.3 is 18.9 Å². The van der Waals surface area contributed by atoms with Crippen LogP contribution in [0.25, 0.3) is 22.4 Å². The van der Waals surface area contributed by atoms with Crippen molar-refractivity contribution in [2.24, 2.45) is 0 Å². The van der Waals surface area contributed by atoms with E-state index < -0.39 is 0 Å². The molecule has 162 valence electrons. The van der Waals surface area contributed by atoms with E-state index in [2.05, 4.69) is 13.0 Å². The number of hydrogen-bond acceptors (Lipinski definition) is 5. The van der Waals surface area contributed by atoms with Crippen molar-refractivity contribution in [2.45, 2.75) is 20.3 Å². The zero-order valence-corrected chi connectivity index (χ0v) is 18.4. The summed E-state index contributed by atoms with van der Waals surface area (Å²) < 4.78 is 22.0. The zero-order chi connectivity index (χ0) is 22.2. The highest BCUT2D eigenvalue weighted by molar-refractivity contribution is 6.22. The Morgan fingerprint density at radius 2 is 1.77 bits per heavy atom. The van der Waals surface area contributed by atoms with Crippen LogP contribution < -0.4 is 9.47 Å². The maximum Gasteiger partial charge on any atom is 0.338 e. The minimum Gasteiger partial charge on any atom is -0.493 e. The van der Waals surface area contributed by atoms with Crippen LogP contribution in [-0.2, 0) is 20.7 Å². The quantitative estimate of drug-likeness (QED) is 0.198. The van der Waals surface area contributed by atoms with Crippen LogP contribution >= 0.6 is 0 Å². The molecule has 3 aromatic rings. The molecule has 31 heavy (non-hydrogen) atoms. The molecule has 0 aliphatic rings. The summed E-state index contributed by atoms with van der Waals surface area (Å²) in [5.41, 5.74) is 3.24. The SMILES string of the molecule is CCOC(=O)/C(=C\c1cc(OC)c(OCOC)c2c(CC)cccc12)c1ccccc1. The van der Waals surface area contributed by atoms with Crippen molar-refractivity contribution in [3.05, 3.63) is 71.3 Å². The van der Waals surface area contributed by atoms with Gasteiger partial charge in [0.15, 0.2) is 18.3 Å². The first-order valence-corrected chi connectivity index (χ1v) is 10.3. The van der Waals surface area contributed by atoms with Crippen LogP contribution in [0.4, 0.5) is 0 Å². The fraction of sp³-hybridized carbons (Fsp3) is 0.269. The first-order chi connectivity index (χ1) is 15.1. The predicted molar refractivity (Wildman–Crippen MR) is 123 cm³/mol. The van der Waals surface area contributed by atoms with Gasteiger partial charge in [-0.05, 0) is 47.6 Å². The highest BCUT2D eigenvalue weighted by Crippen LogP contribution is 2.41. The van der Waals surface area contributed by atoms with Gasteiger partial charge in [-0.15, -0.1) is 0 Å². The first kappa shape index (κ1) is 22.4. The summed E-state index contributed by atoms with van der Waals surface area (Å²) in [5.74, 6) is 0.839. The number of carbonyl (C=O) groups excluding carboxylic acids is 1. The van der Waals surface area contributed by atoms with Gasteiger partial charge in [-0.2, -0.15) is 0 Å². The Kier molecular flexibility index (Phi) is 7.68. The van der Waals surface area contributed by atoms with Crippen LogP contribution in [0.3, 0.4) is 0 Å². The van der Waals surface area contributed by atoms with Crippen molar-refractivity contribution in [3.63, 3.8) is 0 Å². The molecule has 0 saturated carbocycles. The third-order valence-electron chi connectivity index (χ3n) is 5.00. The third kappa shape index (κ3) is 4.89. The Balaban J connectivity index is 2.31. The van der Waals surface area contributed by atoms with Gasteiger partial charge in [-0.1, -0.05) is 55.5 Å². The highest BCUT2D eigenvalue weighted by Gasteiger charge is 2.19. The summed E-state index contributed by atoms with van der Waals surface area (Å²) in [6.45, 7) is 4.31. The molecule has 0 aliphatic heterocycles. The van der Waals surface area contributed by atoms with Crippen molar-refractivity contribution in [2.75, 3.05) is 27.6 Å². The van der Waals surface area contributed by atoms with Gasteiger partial charge in [-0.25, -0.2) is 4.79 Å². The molecule has 0 bridgehead atoms. The molecule has 0 radical (unpaired) electrons. The van der Waals surface area contributed by atoms with Crippen LogP contribution in [0.2, 0.25) is 0 Å². The molecule has 0 atom stereocenters. The maximum absolute atomic E-state index is 12.8. The van der Waals surface area contributed by atoms with E-state index in [-0.39, 0.29) is 12.8 Å². The fourth-order valence-electron chi connectivity index (χ4n) is 3.59. The molecule has 5 nitrogen and oxygen atoms in total. The number of hydrogen-bond donors (Lipinski definition) is 0. The van der Waals surface area contributed by atoms with Crippen LogP contribution in [-0.4, -0.2) is 33.6 Å². The van der Waals surface area contributed by atoms with Gasteiger partial charge in [0, 0.05) is 12.5 Å². The number of aryl methyl sites for hydroxylation is 1. The lowest BCUT2D eigenvalue weighted by molar-refractivity contribution is -0.136. The maximum atomic E-state index is 12.8. The molecular formula is C26H28O5. The Labute approximate surface area is 183 Å². The number of esters is 1. The molecule has 0 aliphatic carbocycles. The van der Waals surface area contributed by atoms with E-state index >= 15 is 0 Å². The molecule has 0 N–H and O–H groups in total. The van der Waals surface area contributed by atoms with E-state index in [1.165, 1.54) is 0 Å². The smallest absolute Gasteiger partial charge is 0.338 e. The van der Waals surface area contributed by atoms with Gasteiger partial charge in [0.2, 0.25) is 0 Å². The Morgan fingerprint density at radius 1 is 1.00 bits per heavy atom. The summed E-state index contributed by atoms with van der Waals surface area (Å²) in [4.78, 5) is 12.8. The zero-order valence-electron chi connectivity index (χ0n) is 18.4. The molecule has 0 amide bonds.